The summed E-state index contributed by atoms with van der Waals surface area (Å²) in [6, 6.07) is 16.6. The van der Waals surface area contributed by atoms with Crippen LogP contribution in [0.15, 0.2) is 54.6 Å². The van der Waals surface area contributed by atoms with Gasteiger partial charge in [0.2, 0.25) is 0 Å². The molecule has 1 atom stereocenters. The summed E-state index contributed by atoms with van der Waals surface area (Å²) in [5, 5.41) is 11.5. The Morgan fingerprint density at radius 3 is 2.17 bits per heavy atom. The van der Waals surface area contributed by atoms with E-state index in [0.29, 0.717) is 11.3 Å². The highest BCUT2D eigenvalue weighted by Crippen LogP contribution is 2.45. The molecule has 0 saturated heterocycles. The van der Waals surface area contributed by atoms with E-state index < -0.39 is 5.60 Å². The lowest BCUT2D eigenvalue weighted by Gasteiger charge is -2.49. The lowest BCUT2D eigenvalue weighted by Crippen LogP contribution is -2.55. The first-order valence-electron chi connectivity index (χ1n) is 10.1. The normalized spacial score (nSPS) is 17.8. The summed E-state index contributed by atoms with van der Waals surface area (Å²) >= 11 is 0. The van der Waals surface area contributed by atoms with Gasteiger partial charge in [0.05, 0.1) is 11.2 Å². The molecule has 158 valence electrons. The minimum Gasteiger partial charge on any atom is -0.423 e. The van der Waals surface area contributed by atoms with Crippen LogP contribution < -0.4 is 4.74 Å². The Labute approximate surface area is 180 Å². The summed E-state index contributed by atoms with van der Waals surface area (Å²) in [4.78, 5) is 14.4. The van der Waals surface area contributed by atoms with Gasteiger partial charge in [0, 0.05) is 12.0 Å². The fourth-order valence-corrected chi connectivity index (χ4v) is 4.46. The largest absolute Gasteiger partial charge is 0.423 e. The topological polar surface area (TPSA) is 49.8 Å². The third-order valence-electron chi connectivity index (χ3n) is 6.05. The number of hydrogen-bond donors (Lipinski definition) is 1. The molecule has 1 unspecified atom stereocenters. The quantitative estimate of drug-likeness (QED) is 0.539. The van der Waals surface area contributed by atoms with Gasteiger partial charge < -0.3 is 14.7 Å². The fraction of sp³-hybridized carbons (Fsp3) is 0.458. The average Bonchev–Trinajstić information content (AvgIpc) is 2.69. The summed E-state index contributed by atoms with van der Waals surface area (Å²) in [6.45, 7) is 2.91. The number of carbonyl (C=O) groups excluding carboxylic acids is 1. The van der Waals surface area contributed by atoms with Crippen molar-refractivity contribution >= 4 is 18.4 Å². The Bertz CT molecular complexity index is 786. The number of aliphatic hydroxyl groups is 1. The van der Waals surface area contributed by atoms with E-state index >= 15 is 0 Å². The zero-order valence-corrected chi connectivity index (χ0v) is 18.4. The second-order valence-corrected chi connectivity index (χ2v) is 8.44. The maximum atomic E-state index is 12.3. The summed E-state index contributed by atoms with van der Waals surface area (Å²) in [5.41, 5.74) is 0.488. The van der Waals surface area contributed by atoms with Gasteiger partial charge in [0.15, 0.2) is 0 Å². The van der Waals surface area contributed by atoms with E-state index in [1.807, 2.05) is 56.6 Å². The number of halogens is 1. The van der Waals surface area contributed by atoms with Crippen molar-refractivity contribution in [3.63, 3.8) is 0 Å². The molecule has 1 aliphatic rings. The molecule has 1 saturated carbocycles. The van der Waals surface area contributed by atoms with Crippen molar-refractivity contribution < 1.29 is 14.6 Å². The number of likely N-dealkylation sites (N-methyl/N-ethyl adjacent to an activating group) is 1. The molecule has 0 heterocycles. The van der Waals surface area contributed by atoms with Gasteiger partial charge in [-0.1, -0.05) is 56.5 Å². The average molecular weight is 418 g/mol. The Hall–Kier alpha value is -1.88. The summed E-state index contributed by atoms with van der Waals surface area (Å²) < 4.78 is 5.51. The maximum absolute atomic E-state index is 12.3. The minimum atomic E-state index is -0.724. The standard InChI is InChI=1S/C24H31NO3.ClH/c1-23(18-25(2)3,24(27)16-8-5-9-17-24)20-12-14-21(15-13-20)28-22(26)19-10-6-4-7-11-19;/h4,6-7,10-15,27H,5,8-9,16-18H2,1-3H3;1H. The van der Waals surface area contributed by atoms with Crippen LogP contribution in [0.25, 0.3) is 0 Å². The lowest BCUT2D eigenvalue weighted by atomic mass is 9.62. The van der Waals surface area contributed by atoms with Gasteiger partial charge in [-0.2, -0.15) is 0 Å². The summed E-state index contributed by atoms with van der Waals surface area (Å²) in [6.07, 6.45) is 4.96. The van der Waals surface area contributed by atoms with Crippen LogP contribution in [0.3, 0.4) is 0 Å². The second kappa shape index (κ2) is 9.75. The molecule has 2 aromatic carbocycles. The minimum absolute atomic E-state index is 0. The monoisotopic (exact) mass is 417 g/mol. The molecule has 3 rings (SSSR count). The SMILES string of the molecule is CN(C)CC(C)(c1ccc(OC(=O)c2ccccc2)cc1)C1(O)CCCCC1.Cl. The smallest absolute Gasteiger partial charge is 0.343 e. The Balaban J connectivity index is 0.00000300. The predicted molar refractivity (Wildman–Crippen MR) is 119 cm³/mol. The van der Waals surface area contributed by atoms with E-state index in [1.54, 1.807) is 12.1 Å². The van der Waals surface area contributed by atoms with Crippen LogP contribution in [0.1, 0.15) is 54.9 Å². The van der Waals surface area contributed by atoms with E-state index in [1.165, 1.54) is 6.42 Å². The molecule has 1 fully saturated rings. The molecule has 0 spiro atoms. The van der Waals surface area contributed by atoms with Crippen molar-refractivity contribution in [3.8, 4) is 5.75 Å². The van der Waals surface area contributed by atoms with Crippen LogP contribution in [0, 0.1) is 0 Å². The molecule has 0 aliphatic heterocycles. The molecule has 2 aromatic rings. The highest BCUT2D eigenvalue weighted by molar-refractivity contribution is 5.90. The molecule has 29 heavy (non-hydrogen) atoms. The molecule has 0 aromatic heterocycles. The Morgan fingerprint density at radius 1 is 1.03 bits per heavy atom. The molecule has 1 aliphatic carbocycles. The first kappa shape index (κ1) is 23.4. The molecule has 0 radical (unpaired) electrons. The van der Waals surface area contributed by atoms with Crippen molar-refractivity contribution in [2.75, 3.05) is 20.6 Å². The van der Waals surface area contributed by atoms with Crippen molar-refractivity contribution in [3.05, 3.63) is 65.7 Å². The Morgan fingerprint density at radius 2 is 1.62 bits per heavy atom. The summed E-state index contributed by atoms with van der Waals surface area (Å²) in [5.74, 6) is 0.149. The third-order valence-corrected chi connectivity index (χ3v) is 6.05. The van der Waals surface area contributed by atoms with Crippen LogP contribution in [0.5, 0.6) is 5.75 Å². The molecule has 1 N–H and O–H groups in total. The van der Waals surface area contributed by atoms with Crippen LogP contribution in [-0.2, 0) is 5.41 Å². The second-order valence-electron chi connectivity index (χ2n) is 8.44. The highest BCUT2D eigenvalue weighted by Gasteiger charge is 2.48. The number of nitrogens with zero attached hydrogens (tertiary/aromatic N) is 1. The number of benzene rings is 2. The zero-order valence-electron chi connectivity index (χ0n) is 17.6. The zero-order chi connectivity index (χ0) is 20.2. The van der Waals surface area contributed by atoms with Crippen molar-refractivity contribution in [1.82, 2.24) is 4.90 Å². The number of rotatable bonds is 6. The first-order valence-corrected chi connectivity index (χ1v) is 10.1. The maximum Gasteiger partial charge on any atom is 0.343 e. The molecule has 5 heteroatoms. The van der Waals surface area contributed by atoms with Crippen LogP contribution in [0.2, 0.25) is 0 Å². The van der Waals surface area contributed by atoms with Crippen molar-refractivity contribution in [1.29, 1.82) is 0 Å². The number of esters is 1. The van der Waals surface area contributed by atoms with Gasteiger partial charge in [-0.3, -0.25) is 0 Å². The van der Waals surface area contributed by atoms with Crippen molar-refractivity contribution in [2.45, 2.75) is 50.0 Å². The van der Waals surface area contributed by atoms with E-state index in [9.17, 15) is 9.90 Å². The summed E-state index contributed by atoms with van der Waals surface area (Å²) in [7, 11) is 4.08. The van der Waals surface area contributed by atoms with E-state index in [2.05, 4.69) is 11.8 Å². The molecule has 0 amide bonds. The van der Waals surface area contributed by atoms with Crippen LogP contribution in [0.4, 0.5) is 0 Å². The van der Waals surface area contributed by atoms with Gasteiger partial charge in [0.1, 0.15) is 5.75 Å². The number of hydrogen-bond acceptors (Lipinski definition) is 4. The van der Waals surface area contributed by atoms with Gasteiger partial charge in [-0.05, 0) is 56.8 Å². The van der Waals surface area contributed by atoms with Gasteiger partial charge >= 0.3 is 5.97 Å². The number of ether oxygens (including phenoxy) is 1. The van der Waals surface area contributed by atoms with Crippen molar-refractivity contribution in [2.24, 2.45) is 0 Å². The lowest BCUT2D eigenvalue weighted by molar-refractivity contribution is -0.0701. The van der Waals surface area contributed by atoms with Gasteiger partial charge in [-0.25, -0.2) is 4.79 Å². The van der Waals surface area contributed by atoms with E-state index in [-0.39, 0.29) is 23.8 Å². The van der Waals surface area contributed by atoms with Crippen LogP contribution in [-0.4, -0.2) is 42.2 Å². The Kier molecular flexibility index (Phi) is 7.87. The third kappa shape index (κ3) is 5.19. The molecular weight excluding hydrogens is 386 g/mol. The van der Waals surface area contributed by atoms with Gasteiger partial charge in [0.25, 0.3) is 0 Å². The predicted octanol–water partition coefficient (Wildman–Crippen LogP) is 4.84. The first-order chi connectivity index (χ1) is 13.3. The van der Waals surface area contributed by atoms with E-state index in [0.717, 1.165) is 37.8 Å². The molecule has 4 nitrogen and oxygen atoms in total. The van der Waals surface area contributed by atoms with Gasteiger partial charge in [-0.15, -0.1) is 12.4 Å². The van der Waals surface area contributed by atoms with Crippen LogP contribution >= 0.6 is 12.4 Å². The number of carbonyl (C=O) groups is 1. The molecule has 0 bridgehead atoms. The fourth-order valence-electron chi connectivity index (χ4n) is 4.46. The highest BCUT2D eigenvalue weighted by atomic mass is 35.5. The molecular formula is C24H32ClNO3. The van der Waals surface area contributed by atoms with E-state index in [4.69, 9.17) is 4.74 Å².